The van der Waals surface area contributed by atoms with Gasteiger partial charge in [0.2, 0.25) is 0 Å². The lowest BCUT2D eigenvalue weighted by atomic mass is 10.2. The summed E-state index contributed by atoms with van der Waals surface area (Å²) in [5.74, 6) is 0. The molecule has 1 saturated heterocycles. The van der Waals surface area contributed by atoms with Gasteiger partial charge in [-0.25, -0.2) is 0 Å². The first-order valence-electron chi connectivity index (χ1n) is 4.74. The lowest BCUT2D eigenvalue weighted by molar-refractivity contribution is 0.785. The van der Waals surface area contributed by atoms with E-state index >= 15 is 0 Å². The van der Waals surface area contributed by atoms with Crippen molar-refractivity contribution in [1.29, 1.82) is 0 Å². The Morgan fingerprint density at radius 1 is 1.45 bits per heavy atom. The summed E-state index contributed by atoms with van der Waals surface area (Å²) in [4.78, 5) is 0. The van der Waals surface area contributed by atoms with Gasteiger partial charge >= 0.3 is 0 Å². The minimum Gasteiger partial charge on any atom is -0.0833 e. The Balaban J connectivity index is 2.40. The molecule has 1 aliphatic heterocycles. The molecule has 0 spiro atoms. The highest BCUT2D eigenvalue weighted by Crippen LogP contribution is 2.48. The number of unbranched alkanes of at least 4 members (excludes halogenated alkanes) is 1. The molecule has 0 radical (unpaired) electrons. The van der Waals surface area contributed by atoms with Crippen molar-refractivity contribution in [2.75, 3.05) is 12.8 Å². The Labute approximate surface area is 71.8 Å². The molecule has 0 amide bonds. The zero-order valence-electron chi connectivity index (χ0n) is 7.77. The third-order valence-corrected chi connectivity index (χ3v) is 4.71. The summed E-state index contributed by atoms with van der Waals surface area (Å²) in [6, 6.07) is 0. The van der Waals surface area contributed by atoms with E-state index < -0.39 is 0 Å². The molecule has 1 unspecified atom stereocenters. The molecule has 1 fully saturated rings. The third-order valence-electron chi connectivity index (χ3n) is 2.34. The maximum Gasteiger partial charge on any atom is -0.0278 e. The van der Waals surface area contributed by atoms with Crippen molar-refractivity contribution in [2.45, 2.75) is 39.0 Å². The summed E-state index contributed by atoms with van der Waals surface area (Å²) in [6.07, 6.45) is 10.9. The maximum atomic E-state index is 2.50. The van der Waals surface area contributed by atoms with Gasteiger partial charge in [0.15, 0.2) is 0 Å². The maximum absolute atomic E-state index is 2.50. The van der Waals surface area contributed by atoms with Crippen molar-refractivity contribution in [2.24, 2.45) is 0 Å². The van der Waals surface area contributed by atoms with Crippen molar-refractivity contribution >= 4 is 7.92 Å². The van der Waals surface area contributed by atoms with Crippen LogP contribution >= 0.6 is 7.92 Å². The van der Waals surface area contributed by atoms with E-state index in [1.54, 1.807) is 5.31 Å². The van der Waals surface area contributed by atoms with Crippen molar-refractivity contribution in [3.63, 3.8) is 0 Å². The highest BCUT2D eigenvalue weighted by molar-refractivity contribution is 7.61. The Bertz CT molecular complexity index is 138. The standard InChI is InChI=1S/C10H19P/c1-3-4-7-10-8-5-6-9-11(10)2/h7H,3-6,8-9H2,1-2H3/b10-7-. The SMILES string of the molecule is CCC/C=C1/CCCCP1C. The van der Waals surface area contributed by atoms with Crippen LogP contribution in [0.4, 0.5) is 0 Å². The Morgan fingerprint density at radius 2 is 2.27 bits per heavy atom. The zero-order valence-corrected chi connectivity index (χ0v) is 8.66. The van der Waals surface area contributed by atoms with E-state index in [1.807, 2.05) is 0 Å². The van der Waals surface area contributed by atoms with Gasteiger partial charge in [0.25, 0.3) is 0 Å². The third kappa shape index (κ3) is 2.95. The fourth-order valence-electron chi connectivity index (χ4n) is 1.56. The molecule has 1 aliphatic rings. The lowest BCUT2D eigenvalue weighted by Gasteiger charge is -2.22. The minimum atomic E-state index is 0.294. The van der Waals surface area contributed by atoms with E-state index in [-0.39, 0.29) is 0 Å². The molecule has 0 aromatic rings. The fourth-order valence-corrected chi connectivity index (χ4v) is 3.52. The van der Waals surface area contributed by atoms with Crippen LogP contribution in [0.1, 0.15) is 39.0 Å². The van der Waals surface area contributed by atoms with Crippen LogP contribution in [0, 0.1) is 0 Å². The van der Waals surface area contributed by atoms with E-state index in [0.717, 1.165) is 0 Å². The van der Waals surface area contributed by atoms with Gasteiger partial charge in [-0.3, -0.25) is 0 Å². The molecule has 0 saturated carbocycles. The van der Waals surface area contributed by atoms with Crippen LogP contribution in [0.2, 0.25) is 0 Å². The van der Waals surface area contributed by atoms with E-state index in [1.165, 1.54) is 38.3 Å². The molecule has 11 heavy (non-hydrogen) atoms. The molecule has 64 valence electrons. The molecule has 0 N–H and O–H groups in total. The fraction of sp³-hybridized carbons (Fsp3) is 0.800. The Morgan fingerprint density at radius 3 is 2.91 bits per heavy atom. The number of hydrogen-bond donors (Lipinski definition) is 0. The summed E-state index contributed by atoms with van der Waals surface area (Å²) in [6.45, 7) is 4.70. The molecule has 0 bridgehead atoms. The molecule has 1 heterocycles. The average molecular weight is 170 g/mol. The normalized spacial score (nSPS) is 29.3. The highest BCUT2D eigenvalue weighted by Gasteiger charge is 2.12. The number of rotatable bonds is 2. The van der Waals surface area contributed by atoms with Crippen LogP contribution < -0.4 is 0 Å². The molecular weight excluding hydrogens is 151 g/mol. The van der Waals surface area contributed by atoms with Crippen LogP contribution in [-0.4, -0.2) is 12.8 Å². The van der Waals surface area contributed by atoms with Crippen LogP contribution in [0.15, 0.2) is 11.4 Å². The second kappa shape index (κ2) is 4.93. The molecule has 0 aliphatic carbocycles. The molecule has 0 aromatic heterocycles. The minimum absolute atomic E-state index is 0.294. The second-order valence-corrected chi connectivity index (χ2v) is 5.78. The highest BCUT2D eigenvalue weighted by atomic mass is 31.1. The van der Waals surface area contributed by atoms with Gasteiger partial charge in [0.05, 0.1) is 0 Å². The predicted octanol–water partition coefficient (Wildman–Crippen LogP) is 3.97. The predicted molar refractivity (Wildman–Crippen MR) is 54.6 cm³/mol. The Kier molecular flexibility index (Phi) is 4.15. The van der Waals surface area contributed by atoms with Gasteiger partial charge < -0.3 is 0 Å². The summed E-state index contributed by atoms with van der Waals surface area (Å²) >= 11 is 0. The van der Waals surface area contributed by atoms with Crippen LogP contribution in [0.5, 0.6) is 0 Å². The largest absolute Gasteiger partial charge is 0.0833 e. The van der Waals surface area contributed by atoms with Crippen LogP contribution in [0.25, 0.3) is 0 Å². The average Bonchev–Trinajstić information content (AvgIpc) is 2.03. The summed E-state index contributed by atoms with van der Waals surface area (Å²) < 4.78 is 0. The number of hydrogen-bond acceptors (Lipinski definition) is 0. The van der Waals surface area contributed by atoms with Crippen molar-refractivity contribution in [3.05, 3.63) is 11.4 Å². The van der Waals surface area contributed by atoms with Gasteiger partial charge in [-0.05, 0) is 38.5 Å². The molecule has 1 atom stereocenters. The first kappa shape index (κ1) is 9.26. The van der Waals surface area contributed by atoms with E-state index in [4.69, 9.17) is 0 Å². The second-order valence-electron chi connectivity index (χ2n) is 3.36. The van der Waals surface area contributed by atoms with Gasteiger partial charge in [0.1, 0.15) is 0 Å². The molecule has 0 aromatic carbocycles. The summed E-state index contributed by atoms with van der Waals surface area (Å²) in [5.41, 5.74) is 0. The quantitative estimate of drug-likeness (QED) is 0.550. The van der Waals surface area contributed by atoms with Gasteiger partial charge in [0, 0.05) is 0 Å². The van der Waals surface area contributed by atoms with E-state index in [9.17, 15) is 0 Å². The van der Waals surface area contributed by atoms with E-state index in [2.05, 4.69) is 19.7 Å². The van der Waals surface area contributed by atoms with Crippen molar-refractivity contribution in [1.82, 2.24) is 0 Å². The molecule has 1 rings (SSSR count). The van der Waals surface area contributed by atoms with Crippen LogP contribution in [-0.2, 0) is 0 Å². The first-order chi connectivity index (χ1) is 5.34. The Hall–Kier alpha value is 0.170. The van der Waals surface area contributed by atoms with Crippen LogP contribution in [0.3, 0.4) is 0 Å². The zero-order chi connectivity index (χ0) is 8.10. The molecular formula is C10H19P. The smallest absolute Gasteiger partial charge is 0.0278 e. The van der Waals surface area contributed by atoms with Gasteiger partial charge in [-0.15, -0.1) is 0 Å². The topological polar surface area (TPSA) is 0 Å². The van der Waals surface area contributed by atoms with Crippen molar-refractivity contribution in [3.8, 4) is 0 Å². The lowest BCUT2D eigenvalue weighted by Crippen LogP contribution is -1.96. The van der Waals surface area contributed by atoms with Gasteiger partial charge in [-0.1, -0.05) is 32.7 Å². The summed E-state index contributed by atoms with van der Waals surface area (Å²) in [5, 5.41) is 1.80. The molecule has 1 heteroatoms. The van der Waals surface area contributed by atoms with Gasteiger partial charge in [-0.2, -0.15) is 0 Å². The monoisotopic (exact) mass is 170 g/mol. The van der Waals surface area contributed by atoms with Crippen molar-refractivity contribution < 1.29 is 0 Å². The molecule has 0 nitrogen and oxygen atoms in total. The van der Waals surface area contributed by atoms with E-state index in [0.29, 0.717) is 7.92 Å². The summed E-state index contributed by atoms with van der Waals surface area (Å²) in [7, 11) is 0.294. The first-order valence-corrected chi connectivity index (χ1v) is 6.72. The number of allylic oxidation sites excluding steroid dienone is 2.